The molecule has 2 heterocycles. The van der Waals surface area contributed by atoms with E-state index in [4.69, 9.17) is 14.0 Å². The molecule has 0 radical (unpaired) electrons. The SMILES string of the molecule is CC1(C)OB(c2cc3ccc(OCc4ccccc4)cc3[nH]2)OC1(C)C. The maximum atomic E-state index is 6.13. The highest BCUT2D eigenvalue weighted by Gasteiger charge is 2.52. The lowest BCUT2D eigenvalue weighted by Crippen LogP contribution is -2.41. The topological polar surface area (TPSA) is 43.5 Å². The summed E-state index contributed by atoms with van der Waals surface area (Å²) < 4.78 is 18.2. The van der Waals surface area contributed by atoms with Gasteiger partial charge >= 0.3 is 7.12 Å². The first kappa shape index (κ1) is 17.2. The molecular weight excluding hydrogens is 325 g/mol. The van der Waals surface area contributed by atoms with Crippen LogP contribution in [0.4, 0.5) is 0 Å². The van der Waals surface area contributed by atoms with Crippen LogP contribution < -0.4 is 10.3 Å². The van der Waals surface area contributed by atoms with Gasteiger partial charge in [-0.1, -0.05) is 30.3 Å². The summed E-state index contributed by atoms with van der Waals surface area (Å²) in [4.78, 5) is 3.42. The van der Waals surface area contributed by atoms with E-state index in [1.54, 1.807) is 0 Å². The first-order valence-electron chi connectivity index (χ1n) is 8.99. The number of nitrogens with one attached hydrogen (secondary N) is 1. The van der Waals surface area contributed by atoms with Gasteiger partial charge in [-0.3, -0.25) is 0 Å². The van der Waals surface area contributed by atoms with Crippen LogP contribution in [0.25, 0.3) is 10.9 Å². The van der Waals surface area contributed by atoms with Gasteiger partial charge in [0.2, 0.25) is 0 Å². The van der Waals surface area contributed by atoms with Crippen molar-refractivity contribution in [1.82, 2.24) is 4.98 Å². The molecule has 0 bridgehead atoms. The summed E-state index contributed by atoms with van der Waals surface area (Å²) in [7, 11) is -0.388. The zero-order chi connectivity index (χ0) is 18.4. The molecule has 1 aliphatic heterocycles. The lowest BCUT2D eigenvalue weighted by atomic mass is 9.85. The molecule has 134 valence electrons. The van der Waals surface area contributed by atoms with Gasteiger partial charge in [-0.25, -0.2) is 0 Å². The highest BCUT2D eigenvalue weighted by atomic mass is 16.7. The molecule has 1 fully saturated rings. The third-order valence-corrected chi connectivity index (χ3v) is 5.37. The van der Waals surface area contributed by atoms with E-state index < -0.39 is 0 Å². The molecule has 1 saturated heterocycles. The summed E-state index contributed by atoms with van der Waals surface area (Å²) >= 11 is 0. The second-order valence-corrected chi connectivity index (χ2v) is 7.84. The number of hydrogen-bond acceptors (Lipinski definition) is 3. The predicted octanol–water partition coefficient (Wildman–Crippen LogP) is 4.05. The Morgan fingerprint density at radius 1 is 0.923 bits per heavy atom. The molecule has 4 rings (SSSR count). The van der Waals surface area contributed by atoms with Crippen molar-refractivity contribution in [3.8, 4) is 5.75 Å². The van der Waals surface area contributed by atoms with Gasteiger partial charge in [0, 0.05) is 17.2 Å². The minimum Gasteiger partial charge on any atom is -0.489 e. The summed E-state index contributed by atoms with van der Waals surface area (Å²) in [5.41, 5.74) is 2.40. The van der Waals surface area contributed by atoms with Crippen molar-refractivity contribution in [2.24, 2.45) is 0 Å². The van der Waals surface area contributed by atoms with E-state index in [-0.39, 0.29) is 18.3 Å². The molecule has 1 N–H and O–H groups in total. The van der Waals surface area contributed by atoms with Crippen molar-refractivity contribution in [3.05, 3.63) is 60.2 Å². The average molecular weight is 349 g/mol. The fourth-order valence-electron chi connectivity index (χ4n) is 3.06. The van der Waals surface area contributed by atoms with Gasteiger partial charge < -0.3 is 19.0 Å². The van der Waals surface area contributed by atoms with Gasteiger partial charge in [0.1, 0.15) is 12.4 Å². The Hall–Kier alpha value is -2.24. The molecule has 26 heavy (non-hydrogen) atoms. The lowest BCUT2D eigenvalue weighted by molar-refractivity contribution is 0.00578. The Balaban J connectivity index is 1.53. The first-order valence-corrected chi connectivity index (χ1v) is 8.99. The fraction of sp³-hybridized carbons (Fsp3) is 0.333. The molecule has 0 aliphatic carbocycles. The second-order valence-electron chi connectivity index (χ2n) is 7.84. The van der Waals surface area contributed by atoms with Crippen LogP contribution >= 0.6 is 0 Å². The summed E-state index contributed by atoms with van der Waals surface area (Å²) in [5.74, 6) is 0.837. The standard InChI is InChI=1S/C21H24BNO3/c1-20(2)21(3,4)26-22(25-20)19-12-16-10-11-17(13-18(16)23-19)24-14-15-8-6-5-7-9-15/h5-13,23H,14H2,1-4H3. The van der Waals surface area contributed by atoms with E-state index in [1.807, 2.05) is 30.3 Å². The van der Waals surface area contributed by atoms with Crippen LogP contribution in [0.1, 0.15) is 33.3 Å². The Kier molecular flexibility index (Phi) is 4.09. The molecule has 0 atom stereocenters. The van der Waals surface area contributed by atoms with Crippen molar-refractivity contribution in [2.75, 3.05) is 0 Å². The largest absolute Gasteiger partial charge is 0.512 e. The number of hydrogen-bond donors (Lipinski definition) is 1. The molecule has 0 saturated carbocycles. The minimum absolute atomic E-state index is 0.348. The number of H-pyrrole nitrogens is 1. The van der Waals surface area contributed by atoms with Gasteiger partial charge in [-0.05, 0) is 56.8 Å². The van der Waals surface area contributed by atoms with Crippen LogP contribution in [0.5, 0.6) is 5.75 Å². The van der Waals surface area contributed by atoms with Crippen molar-refractivity contribution in [3.63, 3.8) is 0 Å². The maximum absolute atomic E-state index is 6.13. The Morgan fingerprint density at radius 3 is 2.31 bits per heavy atom. The molecule has 0 unspecified atom stereocenters. The highest BCUT2D eigenvalue weighted by molar-refractivity contribution is 6.61. The molecule has 5 heteroatoms. The van der Waals surface area contributed by atoms with E-state index in [9.17, 15) is 0 Å². The molecule has 0 amide bonds. The smallest absolute Gasteiger partial charge is 0.489 e. The summed E-state index contributed by atoms with van der Waals surface area (Å²) in [6, 6.07) is 18.3. The van der Waals surface area contributed by atoms with Gasteiger partial charge in [0.05, 0.1) is 11.2 Å². The molecule has 2 aromatic carbocycles. The number of aromatic nitrogens is 1. The Morgan fingerprint density at radius 2 is 1.62 bits per heavy atom. The van der Waals surface area contributed by atoms with E-state index in [2.05, 4.69) is 56.9 Å². The third kappa shape index (κ3) is 3.13. The predicted molar refractivity (Wildman–Crippen MR) is 105 cm³/mol. The number of benzene rings is 2. The maximum Gasteiger partial charge on any atom is 0.512 e. The molecule has 3 aromatic rings. The zero-order valence-corrected chi connectivity index (χ0v) is 15.7. The monoisotopic (exact) mass is 349 g/mol. The van der Waals surface area contributed by atoms with Gasteiger partial charge in [-0.2, -0.15) is 0 Å². The van der Waals surface area contributed by atoms with E-state index in [1.165, 1.54) is 0 Å². The third-order valence-electron chi connectivity index (χ3n) is 5.37. The van der Waals surface area contributed by atoms with Crippen molar-refractivity contribution in [1.29, 1.82) is 0 Å². The second kappa shape index (κ2) is 6.18. The minimum atomic E-state index is -0.388. The lowest BCUT2D eigenvalue weighted by Gasteiger charge is -2.32. The Labute approximate surface area is 154 Å². The number of aromatic amines is 1. The number of rotatable bonds is 4. The molecule has 4 nitrogen and oxygen atoms in total. The van der Waals surface area contributed by atoms with Gasteiger partial charge in [0.25, 0.3) is 0 Å². The van der Waals surface area contributed by atoms with Gasteiger partial charge in [-0.15, -0.1) is 0 Å². The summed E-state index contributed by atoms with van der Waals surface area (Å²) in [5, 5.41) is 1.11. The van der Waals surface area contributed by atoms with Crippen LogP contribution in [0.15, 0.2) is 54.6 Å². The van der Waals surface area contributed by atoms with E-state index in [0.717, 1.165) is 27.8 Å². The fourth-order valence-corrected chi connectivity index (χ4v) is 3.06. The Bertz CT molecular complexity index is 901. The quantitative estimate of drug-likeness (QED) is 0.723. The highest BCUT2D eigenvalue weighted by Crippen LogP contribution is 2.36. The first-order chi connectivity index (χ1) is 12.3. The molecular formula is C21H24BNO3. The van der Waals surface area contributed by atoms with Gasteiger partial charge in [0.15, 0.2) is 0 Å². The van der Waals surface area contributed by atoms with Crippen molar-refractivity contribution >= 4 is 23.6 Å². The van der Waals surface area contributed by atoms with Crippen molar-refractivity contribution in [2.45, 2.75) is 45.5 Å². The normalized spacial score (nSPS) is 18.4. The van der Waals surface area contributed by atoms with E-state index in [0.29, 0.717) is 6.61 Å². The van der Waals surface area contributed by atoms with Crippen LogP contribution in [0.3, 0.4) is 0 Å². The summed E-state index contributed by atoms with van der Waals surface area (Å²) in [6.07, 6.45) is 0. The average Bonchev–Trinajstić information content (AvgIpc) is 3.11. The number of ether oxygens (including phenoxy) is 1. The van der Waals surface area contributed by atoms with Crippen LogP contribution in [0.2, 0.25) is 0 Å². The summed E-state index contributed by atoms with van der Waals surface area (Å²) in [6.45, 7) is 8.80. The number of fused-ring (bicyclic) bond motifs is 1. The van der Waals surface area contributed by atoms with Crippen molar-refractivity contribution < 1.29 is 14.0 Å². The van der Waals surface area contributed by atoms with Crippen LogP contribution in [-0.4, -0.2) is 23.3 Å². The zero-order valence-electron chi connectivity index (χ0n) is 15.7. The van der Waals surface area contributed by atoms with Crippen LogP contribution in [-0.2, 0) is 15.9 Å². The van der Waals surface area contributed by atoms with E-state index >= 15 is 0 Å². The molecule has 0 spiro atoms. The molecule has 1 aromatic heterocycles. The van der Waals surface area contributed by atoms with Crippen LogP contribution in [0, 0.1) is 0 Å². The molecule has 1 aliphatic rings.